The molecule has 1 atom stereocenters. The molecule has 2 N–H and O–H groups in total. The number of hydrogen-bond acceptors (Lipinski definition) is 2. The molecule has 3 heteroatoms. The van der Waals surface area contributed by atoms with Gasteiger partial charge in [0.05, 0.1) is 6.04 Å². The third-order valence-corrected chi connectivity index (χ3v) is 2.80. The summed E-state index contributed by atoms with van der Waals surface area (Å²) in [5.74, 6) is 0.0601. The van der Waals surface area contributed by atoms with Crippen molar-refractivity contribution in [3.63, 3.8) is 0 Å². The van der Waals surface area contributed by atoms with Gasteiger partial charge in [0.25, 0.3) is 0 Å². The Hall–Kier alpha value is -0.830. The summed E-state index contributed by atoms with van der Waals surface area (Å²) in [4.78, 5) is 14.0. The van der Waals surface area contributed by atoms with Crippen molar-refractivity contribution in [2.75, 3.05) is 6.54 Å². The molecular formula is C12H22N2O. The van der Waals surface area contributed by atoms with E-state index in [4.69, 9.17) is 5.73 Å². The molecule has 15 heavy (non-hydrogen) atoms. The number of hydrogen-bond donors (Lipinski definition) is 1. The first kappa shape index (κ1) is 12.2. The molecule has 1 aliphatic carbocycles. The van der Waals surface area contributed by atoms with Crippen molar-refractivity contribution < 1.29 is 4.79 Å². The van der Waals surface area contributed by atoms with Crippen LogP contribution in [-0.2, 0) is 4.79 Å². The minimum Gasteiger partial charge on any atom is -0.335 e. The number of amides is 1. The van der Waals surface area contributed by atoms with Crippen LogP contribution in [0.5, 0.6) is 0 Å². The lowest BCUT2D eigenvalue weighted by molar-refractivity contribution is -0.135. The van der Waals surface area contributed by atoms with Crippen LogP contribution in [0.2, 0.25) is 0 Å². The lowest BCUT2D eigenvalue weighted by Gasteiger charge is -2.31. The predicted molar refractivity (Wildman–Crippen MR) is 62.4 cm³/mol. The zero-order valence-electron chi connectivity index (χ0n) is 9.99. The normalized spacial score (nSPS) is 18.4. The molecule has 0 aromatic carbocycles. The number of carbonyl (C=O) groups is 1. The van der Waals surface area contributed by atoms with Crippen LogP contribution in [0.15, 0.2) is 12.7 Å². The summed E-state index contributed by atoms with van der Waals surface area (Å²) < 4.78 is 0. The van der Waals surface area contributed by atoms with Gasteiger partial charge in [0, 0.05) is 12.6 Å². The highest BCUT2D eigenvalue weighted by Crippen LogP contribution is 2.29. The molecule has 0 unspecified atom stereocenters. The van der Waals surface area contributed by atoms with E-state index in [0.29, 0.717) is 12.6 Å². The van der Waals surface area contributed by atoms with Crippen LogP contribution in [0, 0.1) is 5.41 Å². The average molecular weight is 210 g/mol. The zero-order chi connectivity index (χ0) is 11.6. The second kappa shape index (κ2) is 4.35. The molecule has 0 heterocycles. The molecule has 1 fully saturated rings. The van der Waals surface area contributed by atoms with Crippen LogP contribution in [0.4, 0.5) is 0 Å². The first-order chi connectivity index (χ1) is 6.88. The third kappa shape index (κ3) is 3.06. The maximum Gasteiger partial charge on any atom is 0.240 e. The molecule has 0 radical (unpaired) electrons. The van der Waals surface area contributed by atoms with Crippen molar-refractivity contribution in [1.82, 2.24) is 4.90 Å². The van der Waals surface area contributed by atoms with Crippen LogP contribution in [0.3, 0.4) is 0 Å². The highest BCUT2D eigenvalue weighted by Gasteiger charge is 2.37. The molecular weight excluding hydrogens is 188 g/mol. The van der Waals surface area contributed by atoms with Gasteiger partial charge in [0.1, 0.15) is 0 Å². The van der Waals surface area contributed by atoms with Gasteiger partial charge in [-0.3, -0.25) is 4.79 Å². The second-order valence-corrected chi connectivity index (χ2v) is 5.35. The maximum absolute atomic E-state index is 12.1. The molecule has 1 saturated carbocycles. The van der Waals surface area contributed by atoms with E-state index in [-0.39, 0.29) is 11.3 Å². The largest absolute Gasteiger partial charge is 0.335 e. The Labute approximate surface area is 92.3 Å². The quantitative estimate of drug-likeness (QED) is 0.715. The van der Waals surface area contributed by atoms with Crippen LogP contribution >= 0.6 is 0 Å². The number of rotatable bonds is 4. The van der Waals surface area contributed by atoms with E-state index in [1.807, 2.05) is 25.7 Å². The fourth-order valence-corrected chi connectivity index (χ4v) is 1.49. The standard InChI is InChI=1S/C12H22N2O/c1-5-8-14(9-6-7-9)11(15)10(13)12(2,3)4/h5,9-10H,1,6-8,13H2,2-4H3/t10-/m0/s1. The van der Waals surface area contributed by atoms with Gasteiger partial charge >= 0.3 is 0 Å². The van der Waals surface area contributed by atoms with Gasteiger partial charge in [-0.05, 0) is 18.3 Å². The number of nitrogens with two attached hydrogens (primary N) is 1. The highest BCUT2D eigenvalue weighted by atomic mass is 16.2. The fourth-order valence-electron chi connectivity index (χ4n) is 1.49. The Balaban J connectivity index is 2.66. The van der Waals surface area contributed by atoms with Gasteiger partial charge in [0.15, 0.2) is 0 Å². The van der Waals surface area contributed by atoms with E-state index in [1.165, 1.54) is 0 Å². The van der Waals surface area contributed by atoms with Crippen LogP contribution in [-0.4, -0.2) is 29.4 Å². The summed E-state index contributed by atoms with van der Waals surface area (Å²) >= 11 is 0. The van der Waals surface area contributed by atoms with Gasteiger partial charge in [-0.2, -0.15) is 0 Å². The van der Waals surface area contributed by atoms with Gasteiger partial charge in [-0.1, -0.05) is 26.8 Å². The second-order valence-electron chi connectivity index (χ2n) is 5.35. The molecule has 0 aromatic heterocycles. The van der Waals surface area contributed by atoms with E-state index in [2.05, 4.69) is 6.58 Å². The smallest absolute Gasteiger partial charge is 0.240 e. The van der Waals surface area contributed by atoms with Crippen molar-refractivity contribution in [1.29, 1.82) is 0 Å². The minimum absolute atomic E-state index is 0.0601. The van der Waals surface area contributed by atoms with E-state index >= 15 is 0 Å². The first-order valence-corrected chi connectivity index (χ1v) is 5.55. The predicted octanol–water partition coefficient (Wildman–Crippen LogP) is 1.54. The Morgan fingerprint density at radius 3 is 2.47 bits per heavy atom. The van der Waals surface area contributed by atoms with Crippen LogP contribution < -0.4 is 5.73 Å². The Bertz CT molecular complexity index is 251. The van der Waals surface area contributed by atoms with Crippen LogP contribution in [0.25, 0.3) is 0 Å². The van der Waals surface area contributed by atoms with E-state index < -0.39 is 6.04 Å². The lowest BCUT2D eigenvalue weighted by atomic mass is 9.86. The zero-order valence-corrected chi connectivity index (χ0v) is 9.99. The number of carbonyl (C=O) groups excluding carboxylic acids is 1. The average Bonchev–Trinajstić information content (AvgIpc) is 2.93. The Morgan fingerprint density at radius 1 is 1.60 bits per heavy atom. The molecule has 86 valence electrons. The van der Waals surface area contributed by atoms with Crippen molar-refractivity contribution in [3.8, 4) is 0 Å². The fraction of sp³-hybridized carbons (Fsp3) is 0.750. The molecule has 0 spiro atoms. The minimum atomic E-state index is -0.418. The molecule has 0 aliphatic heterocycles. The topological polar surface area (TPSA) is 46.3 Å². The summed E-state index contributed by atoms with van der Waals surface area (Å²) in [6.07, 6.45) is 3.98. The van der Waals surface area contributed by atoms with E-state index in [0.717, 1.165) is 12.8 Å². The molecule has 1 rings (SSSR count). The molecule has 1 aliphatic rings. The third-order valence-electron chi connectivity index (χ3n) is 2.80. The molecule has 0 aromatic rings. The monoisotopic (exact) mass is 210 g/mol. The Morgan fingerprint density at radius 2 is 2.13 bits per heavy atom. The maximum atomic E-state index is 12.1. The van der Waals surface area contributed by atoms with Gasteiger partial charge in [-0.15, -0.1) is 6.58 Å². The van der Waals surface area contributed by atoms with Gasteiger partial charge in [0.2, 0.25) is 5.91 Å². The van der Waals surface area contributed by atoms with E-state index in [9.17, 15) is 4.79 Å². The molecule has 1 amide bonds. The summed E-state index contributed by atoms with van der Waals surface area (Å²) in [5, 5.41) is 0. The van der Waals surface area contributed by atoms with Crippen molar-refractivity contribution in [2.45, 2.75) is 45.7 Å². The lowest BCUT2D eigenvalue weighted by Crippen LogP contribution is -2.51. The van der Waals surface area contributed by atoms with Crippen molar-refractivity contribution in [3.05, 3.63) is 12.7 Å². The summed E-state index contributed by atoms with van der Waals surface area (Å²) in [6, 6.07) is -0.0121. The van der Waals surface area contributed by atoms with Crippen LogP contribution in [0.1, 0.15) is 33.6 Å². The van der Waals surface area contributed by atoms with Gasteiger partial charge in [-0.25, -0.2) is 0 Å². The number of nitrogens with zero attached hydrogens (tertiary/aromatic N) is 1. The molecule has 0 bridgehead atoms. The summed E-state index contributed by atoms with van der Waals surface area (Å²) in [6.45, 7) is 10.3. The summed E-state index contributed by atoms with van der Waals surface area (Å²) in [5.41, 5.74) is 5.79. The van der Waals surface area contributed by atoms with E-state index in [1.54, 1.807) is 6.08 Å². The Kier molecular flexibility index (Phi) is 3.55. The molecule has 3 nitrogen and oxygen atoms in total. The SMILES string of the molecule is C=CCN(C(=O)[C@H](N)C(C)(C)C)C1CC1. The van der Waals surface area contributed by atoms with Crippen molar-refractivity contribution >= 4 is 5.91 Å². The summed E-state index contributed by atoms with van der Waals surface area (Å²) in [7, 11) is 0. The van der Waals surface area contributed by atoms with Gasteiger partial charge < -0.3 is 10.6 Å². The molecule has 0 saturated heterocycles. The highest BCUT2D eigenvalue weighted by molar-refractivity contribution is 5.83. The first-order valence-electron chi connectivity index (χ1n) is 5.55. The van der Waals surface area contributed by atoms with Crippen molar-refractivity contribution in [2.24, 2.45) is 11.1 Å².